The molecule has 0 nitrogen and oxygen atoms in total. The summed E-state index contributed by atoms with van der Waals surface area (Å²) < 4.78 is 0. The SMILES string of the molecule is C1=c2ccc(-c3c4ccccc4c(-c4ccc5ccccc5c4)c4ccc(-c5ccc6ccccc6c5)cc34)cc2=CCC1. The summed E-state index contributed by atoms with van der Waals surface area (Å²) in [6.45, 7) is 0. The molecule has 0 saturated heterocycles. The lowest BCUT2D eigenvalue weighted by Crippen LogP contribution is -2.26. The quantitative estimate of drug-likeness (QED) is 0.189. The summed E-state index contributed by atoms with van der Waals surface area (Å²) in [6, 6.07) is 54.2. The molecule has 1 aliphatic rings. The van der Waals surface area contributed by atoms with Gasteiger partial charge in [-0.3, -0.25) is 0 Å². The Morgan fingerprint density at radius 1 is 0.295 bits per heavy atom. The molecule has 206 valence electrons. The van der Waals surface area contributed by atoms with E-state index in [9.17, 15) is 0 Å². The molecule has 0 spiro atoms. The summed E-state index contributed by atoms with van der Waals surface area (Å²) in [7, 11) is 0. The van der Waals surface area contributed by atoms with Gasteiger partial charge in [-0.05, 0) is 124 Å². The fourth-order valence-corrected chi connectivity index (χ4v) is 7.26. The zero-order valence-corrected chi connectivity index (χ0v) is 24.4. The van der Waals surface area contributed by atoms with Crippen LogP contribution in [0.3, 0.4) is 0 Å². The van der Waals surface area contributed by atoms with E-state index < -0.39 is 0 Å². The van der Waals surface area contributed by atoms with Gasteiger partial charge in [-0.25, -0.2) is 0 Å². The monoisotopic (exact) mass is 558 g/mol. The van der Waals surface area contributed by atoms with E-state index in [4.69, 9.17) is 0 Å². The molecule has 1 aliphatic carbocycles. The first-order valence-electron chi connectivity index (χ1n) is 15.6. The van der Waals surface area contributed by atoms with Gasteiger partial charge in [0.15, 0.2) is 0 Å². The highest BCUT2D eigenvalue weighted by atomic mass is 14.2. The van der Waals surface area contributed by atoms with Crippen molar-refractivity contribution in [3.05, 3.63) is 156 Å². The molecule has 0 radical (unpaired) electrons. The van der Waals surface area contributed by atoms with Crippen LogP contribution >= 0.6 is 0 Å². The maximum atomic E-state index is 2.43. The van der Waals surface area contributed by atoms with Crippen LogP contribution in [0, 0.1) is 0 Å². The van der Waals surface area contributed by atoms with Crippen LogP contribution in [0.15, 0.2) is 146 Å². The van der Waals surface area contributed by atoms with Gasteiger partial charge in [0, 0.05) is 0 Å². The standard InChI is InChI=1S/C44H30/c1-4-12-32-25-35(20-17-29(32)9-1)36-23-24-41-42(28-36)44(38-22-19-31-11-3-6-14-34(31)27-38)40-16-8-7-15-39(40)43(41)37-21-18-30-10-2-5-13-33(30)26-37/h1-2,4-5,7-28H,3,6H2. The average molecular weight is 559 g/mol. The highest BCUT2D eigenvalue weighted by Gasteiger charge is 2.18. The first kappa shape index (κ1) is 25.1. The second-order valence-electron chi connectivity index (χ2n) is 12.0. The molecule has 0 saturated carbocycles. The molecule has 0 atom stereocenters. The molecule has 8 aromatic rings. The first-order chi connectivity index (χ1) is 21.8. The van der Waals surface area contributed by atoms with E-state index >= 15 is 0 Å². The molecule has 0 aliphatic heterocycles. The Kier molecular flexibility index (Phi) is 5.74. The summed E-state index contributed by atoms with van der Waals surface area (Å²) >= 11 is 0. The van der Waals surface area contributed by atoms with Crippen molar-refractivity contribution in [3.63, 3.8) is 0 Å². The van der Waals surface area contributed by atoms with Crippen LogP contribution in [0.4, 0.5) is 0 Å². The lowest BCUT2D eigenvalue weighted by atomic mass is 9.84. The van der Waals surface area contributed by atoms with E-state index in [2.05, 4.69) is 158 Å². The fourth-order valence-electron chi connectivity index (χ4n) is 7.26. The Balaban J connectivity index is 1.39. The van der Waals surface area contributed by atoms with Gasteiger partial charge in [0.25, 0.3) is 0 Å². The fraction of sp³-hybridized carbons (Fsp3) is 0.0455. The van der Waals surface area contributed by atoms with Crippen LogP contribution in [-0.2, 0) is 0 Å². The third-order valence-electron chi connectivity index (χ3n) is 9.42. The largest absolute Gasteiger partial charge is 0.0764 e. The van der Waals surface area contributed by atoms with E-state index in [1.54, 1.807) is 0 Å². The third kappa shape index (κ3) is 4.07. The summed E-state index contributed by atoms with van der Waals surface area (Å²) in [6.07, 6.45) is 6.99. The number of hydrogen-bond donors (Lipinski definition) is 0. The van der Waals surface area contributed by atoms with Gasteiger partial charge < -0.3 is 0 Å². The van der Waals surface area contributed by atoms with Gasteiger partial charge in [0.05, 0.1) is 0 Å². The molecule has 44 heavy (non-hydrogen) atoms. The Labute approximate surface area is 256 Å². The molecule has 8 aromatic carbocycles. The van der Waals surface area contributed by atoms with Crippen molar-refractivity contribution >= 4 is 55.2 Å². The van der Waals surface area contributed by atoms with E-state index in [1.807, 2.05) is 0 Å². The zero-order valence-electron chi connectivity index (χ0n) is 24.4. The van der Waals surface area contributed by atoms with Crippen LogP contribution < -0.4 is 10.4 Å². The van der Waals surface area contributed by atoms with Gasteiger partial charge in [0.1, 0.15) is 0 Å². The number of rotatable bonds is 3. The van der Waals surface area contributed by atoms with E-state index in [1.165, 1.54) is 86.9 Å². The molecular formula is C44H30. The molecule has 0 fully saturated rings. The lowest BCUT2D eigenvalue weighted by molar-refractivity contribution is 1.12. The highest BCUT2D eigenvalue weighted by molar-refractivity contribution is 6.22. The van der Waals surface area contributed by atoms with Crippen molar-refractivity contribution in [1.82, 2.24) is 0 Å². The minimum absolute atomic E-state index is 1.10. The van der Waals surface area contributed by atoms with Crippen molar-refractivity contribution in [1.29, 1.82) is 0 Å². The smallest absolute Gasteiger partial charge is 0.00259 e. The number of benzene rings is 8. The molecule has 0 amide bonds. The first-order valence-corrected chi connectivity index (χ1v) is 15.6. The Morgan fingerprint density at radius 3 is 1.50 bits per heavy atom. The van der Waals surface area contributed by atoms with Crippen molar-refractivity contribution in [3.8, 4) is 33.4 Å². The Morgan fingerprint density at radius 2 is 0.773 bits per heavy atom. The summed E-state index contributed by atoms with van der Waals surface area (Å²) in [5.41, 5.74) is 7.62. The second kappa shape index (κ2) is 10.1. The van der Waals surface area contributed by atoms with Crippen LogP contribution in [-0.4, -0.2) is 0 Å². The zero-order chi connectivity index (χ0) is 29.0. The third-order valence-corrected chi connectivity index (χ3v) is 9.42. The van der Waals surface area contributed by atoms with Gasteiger partial charge in [-0.2, -0.15) is 0 Å². The molecule has 0 aromatic heterocycles. The van der Waals surface area contributed by atoms with E-state index in [0.717, 1.165) is 12.8 Å². The van der Waals surface area contributed by atoms with Crippen molar-refractivity contribution in [2.75, 3.05) is 0 Å². The summed E-state index contributed by atoms with van der Waals surface area (Å²) in [4.78, 5) is 0. The highest BCUT2D eigenvalue weighted by Crippen LogP contribution is 2.45. The Hall–Kier alpha value is -5.46. The summed E-state index contributed by atoms with van der Waals surface area (Å²) in [5.74, 6) is 0. The number of fused-ring (bicyclic) bond motifs is 5. The minimum atomic E-state index is 1.10. The van der Waals surface area contributed by atoms with Gasteiger partial charge in [-0.1, -0.05) is 133 Å². The van der Waals surface area contributed by atoms with Crippen LogP contribution in [0.5, 0.6) is 0 Å². The van der Waals surface area contributed by atoms with Crippen molar-refractivity contribution < 1.29 is 0 Å². The van der Waals surface area contributed by atoms with Gasteiger partial charge >= 0.3 is 0 Å². The normalized spacial score (nSPS) is 12.7. The van der Waals surface area contributed by atoms with Gasteiger partial charge in [-0.15, -0.1) is 0 Å². The van der Waals surface area contributed by atoms with Crippen molar-refractivity contribution in [2.24, 2.45) is 0 Å². The lowest BCUT2D eigenvalue weighted by Gasteiger charge is -2.19. The van der Waals surface area contributed by atoms with E-state index in [0.29, 0.717) is 0 Å². The van der Waals surface area contributed by atoms with Crippen LogP contribution in [0.1, 0.15) is 12.8 Å². The molecule has 0 heteroatoms. The van der Waals surface area contributed by atoms with Crippen LogP contribution in [0.25, 0.3) is 88.6 Å². The molecule has 0 N–H and O–H groups in total. The predicted octanol–water partition coefficient (Wildman–Crippen LogP) is 10.7. The molecular weight excluding hydrogens is 528 g/mol. The Bertz CT molecular complexity index is 2550. The van der Waals surface area contributed by atoms with Gasteiger partial charge in [0.2, 0.25) is 0 Å². The topological polar surface area (TPSA) is 0 Å². The predicted molar refractivity (Wildman–Crippen MR) is 190 cm³/mol. The summed E-state index contributed by atoms with van der Waals surface area (Å²) in [5, 5.41) is 12.9. The molecule has 9 rings (SSSR count). The molecule has 0 unspecified atom stereocenters. The van der Waals surface area contributed by atoms with Crippen LogP contribution in [0.2, 0.25) is 0 Å². The second-order valence-corrected chi connectivity index (χ2v) is 12.0. The number of hydrogen-bond acceptors (Lipinski definition) is 0. The minimum Gasteiger partial charge on any atom is -0.0764 e. The molecule has 0 heterocycles. The maximum Gasteiger partial charge on any atom is -0.00259 e. The molecule has 0 bridgehead atoms. The van der Waals surface area contributed by atoms with Crippen molar-refractivity contribution in [2.45, 2.75) is 12.8 Å². The average Bonchev–Trinajstić information content (AvgIpc) is 3.09. The van der Waals surface area contributed by atoms with E-state index in [-0.39, 0.29) is 0 Å². The maximum absolute atomic E-state index is 2.43.